The molecule has 0 aromatic heterocycles. The molecule has 0 amide bonds. The van der Waals surface area contributed by atoms with Gasteiger partial charge < -0.3 is 9.88 Å². The lowest BCUT2D eigenvalue weighted by molar-refractivity contribution is 0.221. The minimum absolute atomic E-state index is 0.244. The van der Waals surface area contributed by atoms with E-state index in [1.165, 1.54) is 17.5 Å². The number of hydrogen-bond donors (Lipinski definition) is 1. The number of fused-ring (bicyclic) bond motifs is 3. The maximum Gasteiger partial charge on any atom is 0.383 e. The van der Waals surface area contributed by atoms with Crippen molar-refractivity contribution in [3.05, 3.63) is 35.4 Å². The number of rotatable bonds is 2. The van der Waals surface area contributed by atoms with Gasteiger partial charge in [-0.05, 0) is 23.4 Å². The fourth-order valence-corrected chi connectivity index (χ4v) is 2.80. The van der Waals surface area contributed by atoms with Crippen LogP contribution in [0.15, 0.2) is 24.3 Å². The van der Waals surface area contributed by atoms with Crippen LogP contribution in [0.2, 0.25) is 5.82 Å². The van der Waals surface area contributed by atoms with Crippen molar-refractivity contribution in [3.63, 3.8) is 0 Å². The van der Waals surface area contributed by atoms with Crippen LogP contribution in [0.1, 0.15) is 37.4 Å². The molecule has 0 radical (unpaired) electrons. The highest BCUT2D eigenvalue weighted by atomic mass is 16.5. The van der Waals surface area contributed by atoms with Crippen LogP contribution in [0, 0.1) is 0 Å². The second-order valence-electron chi connectivity index (χ2n) is 5.03. The molecule has 1 aromatic carbocycles. The van der Waals surface area contributed by atoms with E-state index in [2.05, 4.69) is 43.3 Å². The van der Waals surface area contributed by atoms with E-state index in [0.717, 1.165) is 6.42 Å². The van der Waals surface area contributed by atoms with E-state index in [1.54, 1.807) is 0 Å². The number of benzene rings is 1. The van der Waals surface area contributed by atoms with Gasteiger partial charge in [-0.2, -0.15) is 0 Å². The molecular formula is C13H18BNO. The average Bonchev–Trinajstić information content (AvgIpc) is 2.85. The molecule has 2 aliphatic rings. The Bertz CT molecular complexity index is 395. The summed E-state index contributed by atoms with van der Waals surface area (Å²) in [5.74, 6) is 0.595. The summed E-state index contributed by atoms with van der Waals surface area (Å²) in [6, 6.07) is 9.12. The molecule has 3 atom stereocenters. The normalized spacial score (nSPS) is 29.0. The van der Waals surface area contributed by atoms with Crippen molar-refractivity contribution in [1.29, 1.82) is 0 Å². The van der Waals surface area contributed by atoms with Crippen molar-refractivity contribution in [2.24, 2.45) is 0 Å². The standard InChI is InChI=1S/C13H18BNO/c1-3-9(2)14-15-13-11-7-5-4-6-10(11)8-12(13)16-14/h4-7,9,12-13,15H,3,8H2,1-2H3/t9?,12-,13+/m1/s1. The van der Waals surface area contributed by atoms with Gasteiger partial charge >= 0.3 is 7.05 Å². The minimum Gasteiger partial charge on any atom is -0.416 e. The molecule has 2 nitrogen and oxygen atoms in total. The maximum atomic E-state index is 6.11. The van der Waals surface area contributed by atoms with E-state index in [4.69, 9.17) is 4.65 Å². The summed E-state index contributed by atoms with van der Waals surface area (Å²) in [5.41, 5.74) is 2.89. The van der Waals surface area contributed by atoms with Crippen LogP contribution in [-0.2, 0) is 11.1 Å². The van der Waals surface area contributed by atoms with E-state index in [1.807, 2.05) is 0 Å². The Hall–Kier alpha value is -0.795. The Morgan fingerprint density at radius 3 is 3.12 bits per heavy atom. The molecule has 1 saturated heterocycles. The zero-order valence-electron chi connectivity index (χ0n) is 9.94. The third-order valence-corrected chi connectivity index (χ3v) is 4.01. The largest absolute Gasteiger partial charge is 0.416 e. The highest BCUT2D eigenvalue weighted by Gasteiger charge is 2.44. The van der Waals surface area contributed by atoms with Gasteiger partial charge in [0.15, 0.2) is 0 Å². The molecule has 1 N–H and O–H groups in total. The zero-order chi connectivity index (χ0) is 11.1. The van der Waals surface area contributed by atoms with Crippen LogP contribution in [0.3, 0.4) is 0 Å². The number of hydrogen-bond acceptors (Lipinski definition) is 2. The third kappa shape index (κ3) is 1.50. The van der Waals surface area contributed by atoms with Crippen molar-refractivity contribution in [2.75, 3.05) is 0 Å². The van der Waals surface area contributed by atoms with Crippen molar-refractivity contribution >= 4 is 7.05 Å². The summed E-state index contributed by atoms with van der Waals surface area (Å²) in [5, 5.41) is 3.64. The quantitative estimate of drug-likeness (QED) is 0.765. The smallest absolute Gasteiger partial charge is 0.383 e. The molecule has 1 aliphatic carbocycles. The SMILES string of the molecule is CCC(C)B1N[C@H]2c3ccccc3C[C@H]2O1. The molecule has 3 rings (SSSR count). The fraction of sp³-hybridized carbons (Fsp3) is 0.538. The Balaban J connectivity index is 1.82. The lowest BCUT2D eigenvalue weighted by Gasteiger charge is -2.14. The summed E-state index contributed by atoms with van der Waals surface area (Å²) in [6.45, 7) is 4.47. The molecule has 1 aromatic rings. The maximum absolute atomic E-state index is 6.11. The van der Waals surface area contributed by atoms with E-state index < -0.39 is 0 Å². The van der Waals surface area contributed by atoms with Gasteiger partial charge in [0.25, 0.3) is 0 Å². The second kappa shape index (κ2) is 3.90. The van der Waals surface area contributed by atoms with Gasteiger partial charge in [-0.15, -0.1) is 0 Å². The molecule has 1 fully saturated rings. The Morgan fingerprint density at radius 1 is 1.50 bits per heavy atom. The highest BCUT2D eigenvalue weighted by molar-refractivity contribution is 6.51. The molecule has 0 spiro atoms. The topological polar surface area (TPSA) is 21.3 Å². The summed E-state index contributed by atoms with van der Waals surface area (Å²) >= 11 is 0. The highest BCUT2D eigenvalue weighted by Crippen LogP contribution is 2.39. The van der Waals surface area contributed by atoms with Crippen molar-refractivity contribution in [1.82, 2.24) is 5.23 Å². The monoisotopic (exact) mass is 215 g/mol. The molecular weight excluding hydrogens is 197 g/mol. The molecule has 84 valence electrons. The van der Waals surface area contributed by atoms with Crippen molar-refractivity contribution in [2.45, 2.75) is 44.7 Å². The van der Waals surface area contributed by atoms with Gasteiger partial charge in [-0.25, -0.2) is 0 Å². The van der Waals surface area contributed by atoms with Gasteiger partial charge in [0.05, 0.1) is 6.10 Å². The van der Waals surface area contributed by atoms with E-state index in [-0.39, 0.29) is 7.05 Å². The molecule has 3 heteroatoms. The molecule has 1 heterocycles. The third-order valence-electron chi connectivity index (χ3n) is 4.01. The van der Waals surface area contributed by atoms with E-state index in [9.17, 15) is 0 Å². The van der Waals surface area contributed by atoms with Crippen LogP contribution in [-0.4, -0.2) is 13.2 Å². The molecule has 1 aliphatic heterocycles. The first-order chi connectivity index (χ1) is 7.79. The molecule has 1 unspecified atom stereocenters. The second-order valence-corrected chi connectivity index (χ2v) is 5.03. The predicted molar refractivity (Wildman–Crippen MR) is 66.4 cm³/mol. The summed E-state index contributed by atoms with van der Waals surface area (Å²) in [7, 11) is 0.244. The lowest BCUT2D eigenvalue weighted by atomic mass is 9.67. The Kier molecular flexibility index (Phi) is 2.53. The van der Waals surface area contributed by atoms with E-state index >= 15 is 0 Å². The van der Waals surface area contributed by atoms with Crippen molar-refractivity contribution < 1.29 is 4.65 Å². The van der Waals surface area contributed by atoms with Crippen LogP contribution < -0.4 is 5.23 Å². The summed E-state index contributed by atoms with van der Waals surface area (Å²) in [4.78, 5) is 0. The zero-order valence-corrected chi connectivity index (χ0v) is 9.94. The average molecular weight is 215 g/mol. The van der Waals surface area contributed by atoms with Gasteiger partial charge in [0, 0.05) is 6.04 Å². The first-order valence-electron chi connectivity index (χ1n) is 6.29. The fourth-order valence-electron chi connectivity index (χ4n) is 2.80. The first kappa shape index (κ1) is 10.4. The molecule has 0 saturated carbocycles. The lowest BCUT2D eigenvalue weighted by Crippen LogP contribution is -2.33. The predicted octanol–water partition coefficient (Wildman–Crippen LogP) is 2.56. The van der Waals surface area contributed by atoms with Crippen LogP contribution in [0.4, 0.5) is 0 Å². The Labute approximate surface area is 97.5 Å². The van der Waals surface area contributed by atoms with E-state index in [0.29, 0.717) is 18.0 Å². The van der Waals surface area contributed by atoms with Crippen LogP contribution in [0.5, 0.6) is 0 Å². The summed E-state index contributed by atoms with van der Waals surface area (Å²) in [6.07, 6.45) is 2.59. The van der Waals surface area contributed by atoms with Gasteiger partial charge in [-0.1, -0.05) is 44.5 Å². The van der Waals surface area contributed by atoms with Gasteiger partial charge in [0.1, 0.15) is 0 Å². The van der Waals surface area contributed by atoms with Crippen LogP contribution in [0.25, 0.3) is 0 Å². The minimum atomic E-state index is 0.244. The van der Waals surface area contributed by atoms with Gasteiger partial charge in [-0.3, -0.25) is 0 Å². The Morgan fingerprint density at radius 2 is 2.31 bits per heavy atom. The summed E-state index contributed by atoms with van der Waals surface area (Å²) < 4.78 is 6.11. The van der Waals surface area contributed by atoms with Crippen LogP contribution >= 0.6 is 0 Å². The number of nitrogens with one attached hydrogen (secondary N) is 1. The molecule has 16 heavy (non-hydrogen) atoms. The van der Waals surface area contributed by atoms with Gasteiger partial charge in [0.2, 0.25) is 0 Å². The van der Waals surface area contributed by atoms with Crippen molar-refractivity contribution in [3.8, 4) is 0 Å². The molecule has 0 bridgehead atoms. The first-order valence-corrected chi connectivity index (χ1v) is 6.29.